The number of carbonyl (C=O) groups excluding carboxylic acids is 2. The fourth-order valence-corrected chi connectivity index (χ4v) is 9.77. The Hall–Kier alpha value is -2.44. The molecule has 0 aliphatic carbocycles. The Morgan fingerprint density at radius 3 is 1.12 bits per heavy atom. The van der Waals surface area contributed by atoms with Gasteiger partial charge in [0.25, 0.3) is 0 Å². The number of rotatable bonds is 60. The van der Waals surface area contributed by atoms with Crippen LogP contribution in [0.25, 0.3) is 0 Å². The molecule has 0 fully saturated rings. The highest BCUT2D eigenvalue weighted by atomic mass is 16.5. The van der Waals surface area contributed by atoms with Crippen molar-refractivity contribution in [1.82, 2.24) is 5.32 Å². The van der Waals surface area contributed by atoms with Gasteiger partial charge in [0.15, 0.2) is 0 Å². The lowest BCUT2D eigenvalue weighted by molar-refractivity contribution is -0.143. The molecular weight excluding hydrogens is 911 g/mol. The van der Waals surface area contributed by atoms with E-state index in [0.29, 0.717) is 19.4 Å². The predicted molar refractivity (Wildman–Crippen MR) is 324 cm³/mol. The van der Waals surface area contributed by atoms with Gasteiger partial charge in [-0.3, -0.25) is 9.59 Å². The third kappa shape index (κ3) is 58.8. The van der Waals surface area contributed by atoms with Crippen LogP contribution in [0.1, 0.15) is 335 Å². The molecule has 0 bridgehead atoms. The van der Waals surface area contributed by atoms with E-state index in [1.165, 1.54) is 225 Å². The Labute approximate surface area is 460 Å². The topological polar surface area (TPSA) is 95.9 Å². The van der Waals surface area contributed by atoms with Crippen molar-refractivity contribution in [1.29, 1.82) is 0 Å². The Balaban J connectivity index is 3.51. The fraction of sp³-hybridized carbons (Fsp3) is 0.824. The van der Waals surface area contributed by atoms with E-state index in [4.69, 9.17) is 4.74 Å². The van der Waals surface area contributed by atoms with Gasteiger partial charge in [0, 0.05) is 12.8 Å². The number of esters is 1. The quantitative estimate of drug-likeness (QED) is 0.0244. The van der Waals surface area contributed by atoms with Gasteiger partial charge in [-0.15, -0.1) is 0 Å². The van der Waals surface area contributed by atoms with Crippen LogP contribution in [0.2, 0.25) is 0 Å². The van der Waals surface area contributed by atoms with Crippen LogP contribution in [0.15, 0.2) is 60.8 Å². The molecule has 6 nitrogen and oxygen atoms in total. The summed E-state index contributed by atoms with van der Waals surface area (Å²) in [5.41, 5.74) is 0. The molecule has 6 heteroatoms. The molecule has 0 aliphatic rings. The van der Waals surface area contributed by atoms with Crippen LogP contribution in [0.3, 0.4) is 0 Å². The summed E-state index contributed by atoms with van der Waals surface area (Å²) in [5, 5.41) is 23.2. The number of aliphatic hydroxyl groups excluding tert-OH is 2. The molecule has 0 aromatic carbocycles. The van der Waals surface area contributed by atoms with E-state index in [0.717, 1.165) is 83.5 Å². The lowest BCUT2D eigenvalue weighted by atomic mass is 10.0. The molecule has 0 aromatic rings. The van der Waals surface area contributed by atoms with Gasteiger partial charge in [0.1, 0.15) is 0 Å². The van der Waals surface area contributed by atoms with Gasteiger partial charge in [-0.05, 0) is 96.3 Å². The Kier molecular flexibility index (Phi) is 61.0. The van der Waals surface area contributed by atoms with Crippen LogP contribution in [0.5, 0.6) is 0 Å². The van der Waals surface area contributed by atoms with Crippen LogP contribution in [-0.4, -0.2) is 47.4 Å². The lowest BCUT2D eigenvalue weighted by Crippen LogP contribution is -2.45. The summed E-state index contributed by atoms with van der Waals surface area (Å²) in [5.74, 6) is -0.0982. The zero-order valence-corrected chi connectivity index (χ0v) is 49.3. The maximum Gasteiger partial charge on any atom is 0.305 e. The largest absolute Gasteiger partial charge is 0.466 e. The first-order chi connectivity index (χ1) is 36.5. The van der Waals surface area contributed by atoms with Crippen LogP contribution in [-0.2, 0) is 14.3 Å². The average Bonchev–Trinajstić information content (AvgIpc) is 3.40. The normalized spacial score (nSPS) is 13.0. The molecular formula is C68H125NO5. The molecule has 1 amide bonds. The zero-order chi connectivity index (χ0) is 53.6. The second-order valence-corrected chi connectivity index (χ2v) is 22.1. The molecule has 2 unspecified atom stereocenters. The van der Waals surface area contributed by atoms with Gasteiger partial charge in [0.05, 0.1) is 25.4 Å². The minimum absolute atomic E-state index is 0.0216. The molecule has 74 heavy (non-hydrogen) atoms. The summed E-state index contributed by atoms with van der Waals surface area (Å²) in [4.78, 5) is 24.6. The van der Waals surface area contributed by atoms with Crippen molar-refractivity contribution in [3.8, 4) is 0 Å². The Morgan fingerprint density at radius 1 is 0.392 bits per heavy atom. The third-order valence-corrected chi connectivity index (χ3v) is 14.8. The number of hydrogen-bond donors (Lipinski definition) is 3. The summed E-state index contributed by atoms with van der Waals surface area (Å²) in [6.07, 6.45) is 82.6. The number of nitrogens with one attached hydrogen (secondary N) is 1. The molecule has 0 saturated carbocycles. The number of hydrogen-bond acceptors (Lipinski definition) is 5. The number of aliphatic hydroxyl groups is 2. The number of ether oxygens (including phenoxy) is 1. The number of carbonyl (C=O) groups is 2. The summed E-state index contributed by atoms with van der Waals surface area (Å²) < 4.78 is 5.47. The molecule has 0 saturated heterocycles. The molecule has 2 atom stereocenters. The van der Waals surface area contributed by atoms with Crippen molar-refractivity contribution < 1.29 is 24.5 Å². The molecule has 0 rings (SSSR count). The Morgan fingerprint density at radius 2 is 0.716 bits per heavy atom. The molecule has 0 aliphatic heterocycles. The predicted octanol–water partition coefficient (Wildman–Crippen LogP) is 20.7. The monoisotopic (exact) mass is 1040 g/mol. The van der Waals surface area contributed by atoms with Crippen LogP contribution in [0.4, 0.5) is 0 Å². The number of amides is 1. The second-order valence-electron chi connectivity index (χ2n) is 22.1. The van der Waals surface area contributed by atoms with Crippen LogP contribution in [0, 0.1) is 0 Å². The van der Waals surface area contributed by atoms with Gasteiger partial charge in [0.2, 0.25) is 5.91 Å². The molecule has 0 spiro atoms. The SMILES string of the molecule is CCCCCC/C=C\C/C=C\CCCCCCCCCC(=O)OCCCCC/C=C\C=C/CCCCCCCCCCCCC(=O)NC(CO)C(O)/C=C/CCCCCCCCCCCCCCCCCCCC. The van der Waals surface area contributed by atoms with E-state index < -0.39 is 12.1 Å². The number of allylic oxidation sites excluding steroid dienone is 9. The van der Waals surface area contributed by atoms with Crippen molar-refractivity contribution in [2.75, 3.05) is 13.2 Å². The minimum Gasteiger partial charge on any atom is -0.466 e. The first-order valence-electron chi connectivity index (χ1n) is 32.6. The molecule has 0 heterocycles. The van der Waals surface area contributed by atoms with Gasteiger partial charge in [-0.2, -0.15) is 0 Å². The maximum absolute atomic E-state index is 12.5. The fourth-order valence-electron chi connectivity index (χ4n) is 9.77. The van der Waals surface area contributed by atoms with E-state index in [1.54, 1.807) is 6.08 Å². The average molecular weight is 1040 g/mol. The van der Waals surface area contributed by atoms with E-state index in [1.807, 2.05) is 6.08 Å². The van der Waals surface area contributed by atoms with Crippen molar-refractivity contribution in [3.05, 3.63) is 60.8 Å². The third-order valence-electron chi connectivity index (χ3n) is 14.8. The van der Waals surface area contributed by atoms with E-state index >= 15 is 0 Å². The summed E-state index contributed by atoms with van der Waals surface area (Å²) in [6.45, 7) is 4.86. The smallest absolute Gasteiger partial charge is 0.305 e. The molecule has 0 aromatic heterocycles. The lowest BCUT2D eigenvalue weighted by Gasteiger charge is -2.20. The first kappa shape index (κ1) is 71.6. The highest BCUT2D eigenvalue weighted by molar-refractivity contribution is 5.76. The van der Waals surface area contributed by atoms with Gasteiger partial charge >= 0.3 is 5.97 Å². The van der Waals surface area contributed by atoms with Gasteiger partial charge in [-0.1, -0.05) is 286 Å². The van der Waals surface area contributed by atoms with Crippen molar-refractivity contribution in [2.24, 2.45) is 0 Å². The summed E-state index contributed by atoms with van der Waals surface area (Å²) in [6, 6.07) is -0.638. The van der Waals surface area contributed by atoms with Crippen molar-refractivity contribution in [3.63, 3.8) is 0 Å². The zero-order valence-electron chi connectivity index (χ0n) is 49.3. The van der Waals surface area contributed by atoms with Crippen LogP contribution >= 0.6 is 0 Å². The molecule has 3 N–H and O–H groups in total. The van der Waals surface area contributed by atoms with Crippen molar-refractivity contribution in [2.45, 2.75) is 347 Å². The Bertz CT molecular complexity index is 1290. The van der Waals surface area contributed by atoms with Gasteiger partial charge in [-0.25, -0.2) is 0 Å². The van der Waals surface area contributed by atoms with Crippen LogP contribution < -0.4 is 5.32 Å². The standard InChI is InChI=1S/C68H125NO5/c1-3-5-7-9-11-13-15-17-19-21-23-25-28-32-36-40-44-48-52-56-60-66(71)65(64-70)69-67(72)61-57-53-49-45-41-37-33-29-26-24-27-31-35-39-43-47-51-55-59-63-74-68(73)62-58-54-50-46-42-38-34-30-22-20-18-16-14-12-10-8-6-4-2/h14,16,20,22,31,35,39,43,56,60,65-66,70-71H,3-13,15,17-19,21,23-30,32-34,36-38,40-42,44-55,57-59,61-64H2,1-2H3,(H,69,72)/b16-14-,22-20-,35-31-,43-39-,60-56+. The van der Waals surface area contributed by atoms with E-state index in [9.17, 15) is 19.8 Å². The van der Waals surface area contributed by atoms with Gasteiger partial charge < -0.3 is 20.3 Å². The first-order valence-corrected chi connectivity index (χ1v) is 32.6. The minimum atomic E-state index is -0.854. The van der Waals surface area contributed by atoms with E-state index in [-0.39, 0.29) is 18.5 Å². The van der Waals surface area contributed by atoms with E-state index in [2.05, 4.69) is 67.8 Å². The summed E-state index contributed by atoms with van der Waals surface area (Å²) >= 11 is 0. The second kappa shape index (κ2) is 63.1. The molecule has 0 radical (unpaired) electrons. The highest BCUT2D eigenvalue weighted by Crippen LogP contribution is 2.17. The maximum atomic E-state index is 12.5. The molecule has 432 valence electrons. The van der Waals surface area contributed by atoms with Crippen molar-refractivity contribution >= 4 is 11.9 Å². The highest BCUT2D eigenvalue weighted by Gasteiger charge is 2.18. The summed E-state index contributed by atoms with van der Waals surface area (Å²) in [7, 11) is 0. The number of unbranched alkanes of at least 4 members (excludes halogenated alkanes) is 42.